The van der Waals surface area contributed by atoms with Gasteiger partial charge < -0.3 is 14.8 Å². The Bertz CT molecular complexity index is 364. The van der Waals surface area contributed by atoms with Crippen LogP contribution in [0.1, 0.15) is 18.4 Å². The van der Waals surface area contributed by atoms with Gasteiger partial charge >= 0.3 is 0 Å². The Balaban J connectivity index is 1.84. The van der Waals surface area contributed by atoms with E-state index in [0.29, 0.717) is 12.6 Å². The lowest BCUT2D eigenvalue weighted by Gasteiger charge is -2.12. The smallest absolute Gasteiger partial charge is 0.119 e. The van der Waals surface area contributed by atoms with Crippen LogP contribution < -0.4 is 10.1 Å². The second-order valence-electron chi connectivity index (χ2n) is 4.27. The number of halogens is 1. The van der Waals surface area contributed by atoms with E-state index in [9.17, 15) is 0 Å². The normalized spacial score (nSPS) is 19.5. The summed E-state index contributed by atoms with van der Waals surface area (Å²) in [6.07, 6.45) is 2.48. The van der Waals surface area contributed by atoms with Crippen LogP contribution in [0.4, 0.5) is 0 Å². The summed E-state index contributed by atoms with van der Waals surface area (Å²) in [7, 11) is 1.68. The minimum absolute atomic E-state index is 0.527. The van der Waals surface area contributed by atoms with Crippen LogP contribution in [0.25, 0.3) is 0 Å². The SMILES string of the molecule is COc1ccc(Br)c(COCC2CCCN2)c1. The molecule has 1 aliphatic rings. The summed E-state index contributed by atoms with van der Waals surface area (Å²) in [4.78, 5) is 0. The number of methoxy groups -OCH3 is 1. The van der Waals surface area contributed by atoms with Gasteiger partial charge in [0, 0.05) is 10.5 Å². The van der Waals surface area contributed by atoms with Crippen molar-refractivity contribution < 1.29 is 9.47 Å². The first-order chi connectivity index (χ1) is 8.29. The molecule has 94 valence electrons. The number of ether oxygens (including phenoxy) is 2. The van der Waals surface area contributed by atoms with E-state index in [1.807, 2.05) is 18.2 Å². The van der Waals surface area contributed by atoms with Crippen LogP contribution in [0.15, 0.2) is 22.7 Å². The van der Waals surface area contributed by atoms with Crippen LogP contribution in [0, 0.1) is 0 Å². The van der Waals surface area contributed by atoms with E-state index in [1.165, 1.54) is 12.8 Å². The molecule has 1 heterocycles. The van der Waals surface area contributed by atoms with Crippen molar-refractivity contribution in [1.29, 1.82) is 0 Å². The van der Waals surface area contributed by atoms with Crippen molar-refractivity contribution in [3.63, 3.8) is 0 Å². The third kappa shape index (κ3) is 3.69. The van der Waals surface area contributed by atoms with Crippen molar-refractivity contribution in [3.8, 4) is 5.75 Å². The van der Waals surface area contributed by atoms with E-state index in [1.54, 1.807) is 7.11 Å². The highest BCUT2D eigenvalue weighted by Crippen LogP contribution is 2.23. The molecule has 1 aromatic carbocycles. The first kappa shape index (κ1) is 12.9. The number of hydrogen-bond acceptors (Lipinski definition) is 3. The predicted molar refractivity (Wildman–Crippen MR) is 71.4 cm³/mol. The molecule has 0 aliphatic carbocycles. The molecule has 1 aromatic rings. The summed E-state index contributed by atoms with van der Waals surface area (Å²) in [5.41, 5.74) is 1.13. The quantitative estimate of drug-likeness (QED) is 0.907. The van der Waals surface area contributed by atoms with Gasteiger partial charge in [0.15, 0.2) is 0 Å². The zero-order valence-electron chi connectivity index (χ0n) is 10.0. The fourth-order valence-electron chi connectivity index (χ4n) is 2.00. The average molecular weight is 300 g/mol. The number of hydrogen-bond donors (Lipinski definition) is 1. The molecule has 17 heavy (non-hydrogen) atoms. The predicted octanol–water partition coefficient (Wildman–Crippen LogP) is 2.73. The van der Waals surface area contributed by atoms with Crippen LogP contribution in [0.3, 0.4) is 0 Å². The summed E-state index contributed by atoms with van der Waals surface area (Å²) in [6, 6.07) is 6.46. The Morgan fingerprint density at radius 2 is 2.35 bits per heavy atom. The van der Waals surface area contributed by atoms with Gasteiger partial charge in [-0.2, -0.15) is 0 Å². The molecule has 0 aromatic heterocycles. The number of nitrogens with one attached hydrogen (secondary N) is 1. The van der Waals surface area contributed by atoms with E-state index in [2.05, 4.69) is 21.2 Å². The Labute approximate surface area is 111 Å². The molecule has 1 unspecified atom stereocenters. The van der Waals surface area contributed by atoms with Crippen molar-refractivity contribution in [3.05, 3.63) is 28.2 Å². The average Bonchev–Trinajstić information content (AvgIpc) is 2.84. The lowest BCUT2D eigenvalue weighted by atomic mass is 10.2. The summed E-state index contributed by atoms with van der Waals surface area (Å²) in [5.74, 6) is 0.866. The van der Waals surface area contributed by atoms with E-state index in [4.69, 9.17) is 9.47 Å². The van der Waals surface area contributed by atoms with Gasteiger partial charge in [-0.25, -0.2) is 0 Å². The van der Waals surface area contributed by atoms with Crippen LogP contribution in [-0.2, 0) is 11.3 Å². The van der Waals surface area contributed by atoms with Crippen LogP contribution >= 0.6 is 15.9 Å². The molecular formula is C13H18BrNO2. The molecule has 0 bridgehead atoms. The minimum Gasteiger partial charge on any atom is -0.497 e. The van der Waals surface area contributed by atoms with Gasteiger partial charge in [-0.05, 0) is 43.1 Å². The molecule has 1 N–H and O–H groups in total. The second-order valence-corrected chi connectivity index (χ2v) is 5.12. The molecular weight excluding hydrogens is 282 g/mol. The summed E-state index contributed by atoms with van der Waals surface area (Å²) in [6.45, 7) is 2.52. The van der Waals surface area contributed by atoms with E-state index in [-0.39, 0.29) is 0 Å². The third-order valence-electron chi connectivity index (χ3n) is 2.99. The molecule has 0 amide bonds. The monoisotopic (exact) mass is 299 g/mol. The first-order valence-corrected chi connectivity index (χ1v) is 6.72. The lowest BCUT2D eigenvalue weighted by molar-refractivity contribution is 0.103. The van der Waals surface area contributed by atoms with Crippen molar-refractivity contribution in [1.82, 2.24) is 5.32 Å². The highest BCUT2D eigenvalue weighted by atomic mass is 79.9. The number of benzene rings is 1. The van der Waals surface area contributed by atoms with Crippen LogP contribution in [-0.4, -0.2) is 26.3 Å². The molecule has 2 rings (SSSR count). The Kier molecular flexibility index (Phi) is 4.83. The maximum absolute atomic E-state index is 5.74. The van der Waals surface area contributed by atoms with Gasteiger partial charge in [-0.15, -0.1) is 0 Å². The summed E-state index contributed by atoms with van der Waals surface area (Å²) >= 11 is 3.52. The molecule has 1 fully saturated rings. The largest absolute Gasteiger partial charge is 0.497 e. The molecule has 1 saturated heterocycles. The van der Waals surface area contributed by atoms with E-state index in [0.717, 1.165) is 28.9 Å². The van der Waals surface area contributed by atoms with Gasteiger partial charge in [0.2, 0.25) is 0 Å². The van der Waals surface area contributed by atoms with Gasteiger partial charge in [0.1, 0.15) is 5.75 Å². The third-order valence-corrected chi connectivity index (χ3v) is 3.77. The second kappa shape index (κ2) is 6.38. The van der Waals surface area contributed by atoms with Crippen molar-refractivity contribution in [2.45, 2.75) is 25.5 Å². The fraction of sp³-hybridized carbons (Fsp3) is 0.538. The molecule has 4 heteroatoms. The lowest BCUT2D eigenvalue weighted by Crippen LogP contribution is -2.26. The van der Waals surface area contributed by atoms with Crippen molar-refractivity contribution >= 4 is 15.9 Å². The molecule has 1 aliphatic heterocycles. The van der Waals surface area contributed by atoms with Crippen LogP contribution in [0.2, 0.25) is 0 Å². The fourth-order valence-corrected chi connectivity index (χ4v) is 2.36. The highest BCUT2D eigenvalue weighted by molar-refractivity contribution is 9.10. The molecule has 3 nitrogen and oxygen atoms in total. The molecule has 0 spiro atoms. The van der Waals surface area contributed by atoms with E-state index < -0.39 is 0 Å². The highest BCUT2D eigenvalue weighted by Gasteiger charge is 2.13. The van der Waals surface area contributed by atoms with Gasteiger partial charge in [-0.3, -0.25) is 0 Å². The molecule has 0 saturated carbocycles. The molecule has 1 atom stereocenters. The van der Waals surface area contributed by atoms with Crippen LogP contribution in [0.5, 0.6) is 5.75 Å². The number of rotatable bonds is 5. The first-order valence-electron chi connectivity index (χ1n) is 5.93. The Morgan fingerprint density at radius 1 is 1.47 bits per heavy atom. The van der Waals surface area contributed by atoms with Crippen molar-refractivity contribution in [2.24, 2.45) is 0 Å². The summed E-state index contributed by atoms with van der Waals surface area (Å²) < 4.78 is 12.0. The Hall–Kier alpha value is -0.580. The zero-order valence-corrected chi connectivity index (χ0v) is 11.6. The maximum Gasteiger partial charge on any atom is 0.119 e. The standard InChI is InChI=1S/C13H18BrNO2/c1-16-12-4-5-13(14)10(7-12)8-17-9-11-3-2-6-15-11/h4-5,7,11,15H,2-3,6,8-9H2,1H3. The van der Waals surface area contributed by atoms with Crippen molar-refractivity contribution in [2.75, 3.05) is 20.3 Å². The maximum atomic E-state index is 5.74. The minimum atomic E-state index is 0.527. The molecule has 0 radical (unpaired) electrons. The van der Waals surface area contributed by atoms with Gasteiger partial charge in [0.05, 0.1) is 20.3 Å². The van der Waals surface area contributed by atoms with Gasteiger partial charge in [0.25, 0.3) is 0 Å². The summed E-state index contributed by atoms with van der Waals surface area (Å²) in [5, 5.41) is 3.42. The zero-order chi connectivity index (χ0) is 12.1. The Morgan fingerprint density at radius 3 is 3.06 bits per heavy atom. The topological polar surface area (TPSA) is 30.5 Å². The van der Waals surface area contributed by atoms with Gasteiger partial charge in [-0.1, -0.05) is 15.9 Å². The van der Waals surface area contributed by atoms with E-state index >= 15 is 0 Å².